The average molecular weight is 402 g/mol. The van der Waals surface area contributed by atoms with Gasteiger partial charge in [-0.3, -0.25) is 9.52 Å². The van der Waals surface area contributed by atoms with Crippen molar-refractivity contribution in [2.45, 2.75) is 23.1 Å². The van der Waals surface area contributed by atoms with E-state index >= 15 is 0 Å². The van der Waals surface area contributed by atoms with E-state index in [0.717, 1.165) is 24.2 Å². The third-order valence-electron chi connectivity index (χ3n) is 3.95. The van der Waals surface area contributed by atoms with Crippen LogP contribution in [0.2, 0.25) is 0 Å². The molecule has 0 unspecified atom stereocenters. The molecule has 1 aliphatic heterocycles. The van der Waals surface area contributed by atoms with Crippen LogP contribution in [-0.4, -0.2) is 38.4 Å². The molecule has 2 aromatic rings. The summed E-state index contributed by atoms with van der Waals surface area (Å²) in [6.45, 7) is 1.26. The fraction of sp³-hybridized carbons (Fsp3) is 0.312. The van der Waals surface area contributed by atoms with E-state index in [9.17, 15) is 13.2 Å². The Bertz CT molecular complexity index is 817. The van der Waals surface area contributed by atoms with Gasteiger partial charge in [0.15, 0.2) is 0 Å². The Kier molecular flexibility index (Phi) is 6.45. The summed E-state index contributed by atoms with van der Waals surface area (Å²) in [5.41, 5.74) is 6.71. The Hall–Kier alpha value is -1.61. The van der Waals surface area contributed by atoms with Crippen molar-refractivity contribution in [2.75, 3.05) is 17.8 Å². The van der Waals surface area contributed by atoms with Crippen LogP contribution < -0.4 is 10.5 Å². The lowest BCUT2D eigenvalue weighted by Crippen LogP contribution is -2.42. The lowest BCUT2D eigenvalue weighted by Gasteiger charge is -2.30. The van der Waals surface area contributed by atoms with Gasteiger partial charge in [0.2, 0.25) is 0 Å². The monoisotopic (exact) mass is 401 g/mol. The highest BCUT2D eigenvalue weighted by molar-refractivity contribution is 7.94. The number of nitrogens with two attached hydrogens (primary N) is 1. The highest BCUT2D eigenvalue weighted by Gasteiger charge is 2.22. The second-order valence-corrected chi connectivity index (χ2v) is 8.60. The Balaban J connectivity index is 0.00000225. The van der Waals surface area contributed by atoms with Gasteiger partial charge in [-0.2, -0.15) is 0 Å². The molecule has 0 spiro atoms. The molecule has 25 heavy (non-hydrogen) atoms. The summed E-state index contributed by atoms with van der Waals surface area (Å²) in [5, 5.41) is 1.70. The van der Waals surface area contributed by atoms with Gasteiger partial charge < -0.3 is 10.6 Å². The van der Waals surface area contributed by atoms with E-state index in [4.69, 9.17) is 5.73 Å². The Labute approximate surface area is 157 Å². The first-order chi connectivity index (χ1) is 11.5. The van der Waals surface area contributed by atoms with Gasteiger partial charge in [0.25, 0.3) is 15.9 Å². The maximum Gasteiger partial charge on any atom is 0.271 e. The summed E-state index contributed by atoms with van der Waals surface area (Å²) in [6.07, 6.45) is 1.58. The Morgan fingerprint density at radius 1 is 1.20 bits per heavy atom. The number of carbonyl (C=O) groups is 1. The fourth-order valence-corrected chi connectivity index (χ4v) is 4.67. The van der Waals surface area contributed by atoms with Gasteiger partial charge in [0.05, 0.1) is 0 Å². The van der Waals surface area contributed by atoms with Crippen LogP contribution in [0.4, 0.5) is 5.69 Å². The molecule has 9 heteroatoms. The minimum absolute atomic E-state index is 0. The maximum atomic E-state index is 12.6. The molecular formula is C16H20ClN3O3S2. The van der Waals surface area contributed by atoms with Crippen molar-refractivity contribution in [3.8, 4) is 0 Å². The first-order valence-corrected chi connectivity index (χ1v) is 10.0. The molecule has 0 saturated carbocycles. The number of hydrogen-bond donors (Lipinski definition) is 2. The number of thiophene rings is 1. The minimum atomic E-state index is -3.62. The van der Waals surface area contributed by atoms with Crippen molar-refractivity contribution in [1.82, 2.24) is 4.90 Å². The van der Waals surface area contributed by atoms with E-state index in [0.29, 0.717) is 24.3 Å². The quantitative estimate of drug-likeness (QED) is 0.823. The van der Waals surface area contributed by atoms with Gasteiger partial charge in [0, 0.05) is 30.4 Å². The summed E-state index contributed by atoms with van der Waals surface area (Å²) in [7, 11) is -3.62. The van der Waals surface area contributed by atoms with Gasteiger partial charge in [0.1, 0.15) is 4.21 Å². The van der Waals surface area contributed by atoms with Gasteiger partial charge >= 0.3 is 0 Å². The predicted molar refractivity (Wildman–Crippen MR) is 102 cm³/mol. The van der Waals surface area contributed by atoms with Crippen LogP contribution in [0.3, 0.4) is 0 Å². The lowest BCUT2D eigenvalue weighted by atomic mass is 10.0. The molecule has 1 aromatic heterocycles. The van der Waals surface area contributed by atoms with Gasteiger partial charge in [-0.15, -0.1) is 23.7 Å². The zero-order chi connectivity index (χ0) is 17.2. The number of anilines is 1. The SMILES string of the molecule is Cl.NC1CCN(C(=O)c2cccc(NS(=O)(=O)c3cccs3)c2)CC1. The molecule has 1 saturated heterocycles. The summed E-state index contributed by atoms with van der Waals surface area (Å²) >= 11 is 1.15. The largest absolute Gasteiger partial charge is 0.339 e. The van der Waals surface area contributed by atoms with Crippen LogP contribution in [0.25, 0.3) is 0 Å². The zero-order valence-electron chi connectivity index (χ0n) is 13.4. The molecule has 136 valence electrons. The Morgan fingerprint density at radius 3 is 2.56 bits per heavy atom. The fourth-order valence-electron chi connectivity index (χ4n) is 2.62. The molecule has 3 N–H and O–H groups in total. The molecule has 3 rings (SSSR count). The van der Waals surface area contributed by atoms with E-state index < -0.39 is 10.0 Å². The number of amides is 1. The average Bonchev–Trinajstić information content (AvgIpc) is 3.10. The maximum absolute atomic E-state index is 12.6. The summed E-state index contributed by atoms with van der Waals surface area (Å²) < 4.78 is 27.3. The molecule has 0 bridgehead atoms. The van der Waals surface area contributed by atoms with Gasteiger partial charge in [-0.05, 0) is 42.5 Å². The van der Waals surface area contributed by atoms with Crippen LogP contribution >= 0.6 is 23.7 Å². The van der Waals surface area contributed by atoms with E-state index in [1.54, 1.807) is 46.7 Å². The van der Waals surface area contributed by atoms with Crippen molar-refractivity contribution < 1.29 is 13.2 Å². The van der Waals surface area contributed by atoms with Crippen LogP contribution in [0, 0.1) is 0 Å². The topological polar surface area (TPSA) is 92.5 Å². The van der Waals surface area contributed by atoms with Crippen molar-refractivity contribution >= 4 is 45.4 Å². The van der Waals surface area contributed by atoms with Crippen LogP contribution in [0.1, 0.15) is 23.2 Å². The third kappa shape index (κ3) is 4.72. The highest BCUT2D eigenvalue weighted by Crippen LogP contribution is 2.22. The number of rotatable bonds is 4. The number of sulfonamides is 1. The minimum Gasteiger partial charge on any atom is -0.339 e. The Morgan fingerprint density at radius 2 is 1.92 bits per heavy atom. The van der Waals surface area contributed by atoms with Crippen molar-refractivity contribution in [3.05, 3.63) is 47.3 Å². The number of carbonyl (C=O) groups excluding carboxylic acids is 1. The number of nitrogens with one attached hydrogen (secondary N) is 1. The number of hydrogen-bond acceptors (Lipinski definition) is 5. The van der Waals surface area contributed by atoms with Crippen molar-refractivity contribution in [2.24, 2.45) is 5.73 Å². The zero-order valence-corrected chi connectivity index (χ0v) is 15.9. The summed E-state index contributed by atoms with van der Waals surface area (Å²) in [5.74, 6) is -0.0981. The molecule has 6 nitrogen and oxygen atoms in total. The van der Waals surface area contributed by atoms with Gasteiger partial charge in [-0.25, -0.2) is 8.42 Å². The second-order valence-electron chi connectivity index (χ2n) is 5.75. The molecule has 1 aromatic carbocycles. The number of likely N-dealkylation sites (tertiary alicyclic amines) is 1. The normalized spacial score (nSPS) is 15.5. The van der Waals surface area contributed by atoms with Crippen LogP contribution in [0.15, 0.2) is 46.0 Å². The van der Waals surface area contributed by atoms with E-state index in [1.807, 2.05) is 0 Å². The van der Waals surface area contributed by atoms with Crippen LogP contribution in [-0.2, 0) is 10.0 Å². The second kappa shape index (κ2) is 8.18. The first-order valence-electron chi connectivity index (χ1n) is 7.67. The molecule has 0 atom stereocenters. The van der Waals surface area contributed by atoms with Crippen molar-refractivity contribution in [3.63, 3.8) is 0 Å². The molecule has 1 amide bonds. The predicted octanol–water partition coefficient (Wildman–Crippen LogP) is 2.53. The molecule has 1 aliphatic rings. The van der Waals surface area contributed by atoms with E-state index in [2.05, 4.69) is 4.72 Å². The number of benzene rings is 1. The van der Waals surface area contributed by atoms with Crippen LogP contribution in [0.5, 0.6) is 0 Å². The third-order valence-corrected chi connectivity index (χ3v) is 6.73. The molecule has 1 fully saturated rings. The number of halogens is 1. The molecule has 0 aliphatic carbocycles. The smallest absolute Gasteiger partial charge is 0.271 e. The lowest BCUT2D eigenvalue weighted by molar-refractivity contribution is 0.0715. The summed E-state index contributed by atoms with van der Waals surface area (Å²) in [6, 6.07) is 9.95. The number of piperidine rings is 1. The van der Waals surface area contributed by atoms with E-state index in [-0.39, 0.29) is 28.6 Å². The summed E-state index contributed by atoms with van der Waals surface area (Å²) in [4.78, 5) is 14.3. The molecule has 2 heterocycles. The van der Waals surface area contributed by atoms with Crippen molar-refractivity contribution in [1.29, 1.82) is 0 Å². The number of nitrogens with zero attached hydrogens (tertiary/aromatic N) is 1. The standard InChI is InChI=1S/C16H19N3O3S2.ClH/c17-13-6-8-19(9-7-13)16(20)12-3-1-4-14(11-12)18-24(21,22)15-5-2-10-23-15;/h1-5,10-11,13,18H,6-9,17H2;1H. The molecular weight excluding hydrogens is 382 g/mol. The molecule has 0 radical (unpaired) electrons. The van der Waals surface area contributed by atoms with Gasteiger partial charge in [-0.1, -0.05) is 12.1 Å². The highest BCUT2D eigenvalue weighted by atomic mass is 35.5. The first kappa shape index (κ1) is 19.7. The van der Waals surface area contributed by atoms with E-state index in [1.165, 1.54) is 0 Å².